The molecule has 2 rings (SSSR count). The summed E-state index contributed by atoms with van der Waals surface area (Å²) in [6.45, 7) is -0.0503. The number of carbonyl (C=O) groups is 1. The summed E-state index contributed by atoms with van der Waals surface area (Å²) in [5, 5.41) is 10.8. The number of sulfone groups is 1. The topological polar surface area (TPSA) is 83.5 Å². The van der Waals surface area contributed by atoms with Crippen molar-refractivity contribution in [1.82, 2.24) is 5.32 Å². The molecule has 1 fully saturated rings. The van der Waals surface area contributed by atoms with E-state index in [1.165, 1.54) is 0 Å². The Morgan fingerprint density at radius 1 is 1.33 bits per heavy atom. The lowest BCUT2D eigenvalue weighted by atomic mass is 10.1. The van der Waals surface area contributed by atoms with Gasteiger partial charge in [0.2, 0.25) is 0 Å². The average molecular weight is 307 g/mol. The SMILES string of the molecule is O=C(NCC1CCCS1(=O)=O)c1ccc(C#CCO)cc1. The van der Waals surface area contributed by atoms with Gasteiger partial charge in [-0.25, -0.2) is 8.42 Å². The molecule has 1 aromatic rings. The first-order valence-electron chi connectivity index (χ1n) is 6.72. The zero-order valence-electron chi connectivity index (χ0n) is 11.5. The van der Waals surface area contributed by atoms with E-state index in [1.54, 1.807) is 24.3 Å². The van der Waals surface area contributed by atoms with Gasteiger partial charge in [-0.15, -0.1) is 0 Å². The summed E-state index contributed by atoms with van der Waals surface area (Å²) in [5.74, 6) is 5.18. The molecular formula is C15H17NO4S. The average Bonchev–Trinajstić information content (AvgIpc) is 2.82. The Morgan fingerprint density at radius 2 is 2.05 bits per heavy atom. The Hall–Kier alpha value is -1.84. The quantitative estimate of drug-likeness (QED) is 0.789. The van der Waals surface area contributed by atoms with E-state index in [-0.39, 0.29) is 24.8 Å². The van der Waals surface area contributed by atoms with Crippen molar-refractivity contribution in [2.45, 2.75) is 18.1 Å². The van der Waals surface area contributed by atoms with Crippen LogP contribution in [0.15, 0.2) is 24.3 Å². The molecule has 1 aromatic carbocycles. The van der Waals surface area contributed by atoms with Crippen LogP contribution < -0.4 is 5.32 Å². The number of benzene rings is 1. The summed E-state index contributed by atoms with van der Waals surface area (Å²) < 4.78 is 23.3. The van der Waals surface area contributed by atoms with Crippen molar-refractivity contribution >= 4 is 15.7 Å². The smallest absolute Gasteiger partial charge is 0.251 e. The molecule has 2 N–H and O–H groups in total. The largest absolute Gasteiger partial charge is 0.384 e. The fourth-order valence-corrected chi connectivity index (χ4v) is 4.01. The second kappa shape index (κ2) is 6.74. The number of nitrogens with one attached hydrogen (secondary N) is 1. The minimum absolute atomic E-state index is 0.160. The van der Waals surface area contributed by atoms with E-state index in [9.17, 15) is 13.2 Å². The van der Waals surface area contributed by atoms with Crippen LogP contribution in [0.1, 0.15) is 28.8 Å². The van der Waals surface area contributed by atoms with Crippen molar-refractivity contribution in [3.8, 4) is 11.8 Å². The van der Waals surface area contributed by atoms with Gasteiger partial charge in [0.1, 0.15) is 6.61 Å². The standard InChI is InChI=1S/C15H17NO4S/c17-9-1-3-12-5-7-13(8-6-12)15(18)16-11-14-4-2-10-21(14,19)20/h5-8,14,17H,2,4,9-11H2,(H,16,18). The molecule has 0 radical (unpaired) electrons. The Kier molecular flexibility index (Phi) is 4.99. The summed E-state index contributed by atoms with van der Waals surface area (Å²) in [5.41, 5.74) is 1.17. The molecule has 0 saturated carbocycles. The number of amides is 1. The number of aliphatic hydroxyl groups excluding tert-OH is 1. The third-order valence-corrected chi connectivity index (χ3v) is 5.69. The van der Waals surface area contributed by atoms with E-state index in [1.807, 2.05) is 0 Å². The molecule has 1 amide bonds. The van der Waals surface area contributed by atoms with Gasteiger partial charge >= 0.3 is 0 Å². The van der Waals surface area contributed by atoms with Crippen LogP contribution in [0.2, 0.25) is 0 Å². The van der Waals surface area contributed by atoms with Crippen LogP contribution in [-0.2, 0) is 9.84 Å². The van der Waals surface area contributed by atoms with Gasteiger partial charge in [0.15, 0.2) is 9.84 Å². The van der Waals surface area contributed by atoms with Crippen molar-refractivity contribution in [1.29, 1.82) is 0 Å². The molecule has 0 spiro atoms. The molecule has 112 valence electrons. The van der Waals surface area contributed by atoms with Gasteiger partial charge < -0.3 is 10.4 Å². The maximum Gasteiger partial charge on any atom is 0.251 e. The third kappa shape index (κ3) is 4.06. The highest BCUT2D eigenvalue weighted by Gasteiger charge is 2.31. The van der Waals surface area contributed by atoms with Crippen molar-refractivity contribution in [3.05, 3.63) is 35.4 Å². The van der Waals surface area contributed by atoms with Gasteiger partial charge in [-0.2, -0.15) is 0 Å². The Balaban J connectivity index is 1.94. The van der Waals surface area contributed by atoms with E-state index < -0.39 is 15.1 Å². The summed E-state index contributed by atoms with van der Waals surface area (Å²) in [6.07, 6.45) is 1.28. The number of carbonyl (C=O) groups excluding carboxylic acids is 1. The maximum atomic E-state index is 12.0. The predicted molar refractivity (Wildman–Crippen MR) is 79.5 cm³/mol. The second-order valence-electron chi connectivity index (χ2n) is 4.88. The fourth-order valence-electron chi connectivity index (χ4n) is 2.24. The molecule has 5 nitrogen and oxygen atoms in total. The molecule has 1 heterocycles. The van der Waals surface area contributed by atoms with Gasteiger partial charge in [-0.1, -0.05) is 11.8 Å². The van der Waals surface area contributed by atoms with Gasteiger partial charge in [0, 0.05) is 17.7 Å². The molecule has 0 aliphatic carbocycles. The Morgan fingerprint density at radius 3 is 2.62 bits per heavy atom. The maximum absolute atomic E-state index is 12.0. The number of hydrogen-bond donors (Lipinski definition) is 2. The van der Waals surface area contributed by atoms with Crippen LogP contribution >= 0.6 is 0 Å². The first kappa shape index (κ1) is 15.5. The lowest BCUT2D eigenvalue weighted by molar-refractivity contribution is 0.0953. The van der Waals surface area contributed by atoms with E-state index in [0.717, 1.165) is 0 Å². The molecule has 0 aromatic heterocycles. The van der Waals surface area contributed by atoms with Gasteiger partial charge in [-0.05, 0) is 37.1 Å². The fraction of sp³-hybridized carbons (Fsp3) is 0.400. The molecule has 1 saturated heterocycles. The van der Waals surface area contributed by atoms with E-state index in [2.05, 4.69) is 17.2 Å². The molecule has 21 heavy (non-hydrogen) atoms. The molecule has 1 aliphatic rings. The van der Waals surface area contributed by atoms with E-state index in [4.69, 9.17) is 5.11 Å². The van der Waals surface area contributed by atoms with Crippen LogP contribution in [0.3, 0.4) is 0 Å². The summed E-state index contributed by atoms with van der Waals surface area (Å²) in [4.78, 5) is 12.0. The lowest BCUT2D eigenvalue weighted by Crippen LogP contribution is -2.34. The normalized spacial score (nSPS) is 19.6. The summed E-state index contributed by atoms with van der Waals surface area (Å²) in [6, 6.07) is 6.62. The molecule has 0 bridgehead atoms. The molecule has 1 aliphatic heterocycles. The second-order valence-corrected chi connectivity index (χ2v) is 7.28. The first-order chi connectivity index (χ1) is 10.0. The Bertz CT molecular complexity index is 668. The highest BCUT2D eigenvalue weighted by atomic mass is 32.2. The van der Waals surface area contributed by atoms with Crippen molar-refractivity contribution in [2.24, 2.45) is 0 Å². The minimum Gasteiger partial charge on any atom is -0.384 e. The molecule has 1 atom stereocenters. The van der Waals surface area contributed by atoms with Gasteiger partial charge in [-0.3, -0.25) is 4.79 Å². The monoisotopic (exact) mass is 307 g/mol. The number of hydrogen-bond acceptors (Lipinski definition) is 4. The van der Waals surface area contributed by atoms with Crippen LogP contribution in [-0.4, -0.2) is 43.6 Å². The first-order valence-corrected chi connectivity index (χ1v) is 8.44. The molecule has 6 heteroatoms. The van der Waals surface area contributed by atoms with Crippen LogP contribution in [0.4, 0.5) is 0 Å². The third-order valence-electron chi connectivity index (χ3n) is 3.41. The highest BCUT2D eigenvalue weighted by Crippen LogP contribution is 2.19. The zero-order valence-corrected chi connectivity index (χ0v) is 12.3. The van der Waals surface area contributed by atoms with E-state index >= 15 is 0 Å². The number of rotatable bonds is 3. The van der Waals surface area contributed by atoms with Crippen molar-refractivity contribution < 1.29 is 18.3 Å². The van der Waals surface area contributed by atoms with E-state index in [0.29, 0.717) is 24.0 Å². The highest BCUT2D eigenvalue weighted by molar-refractivity contribution is 7.92. The lowest BCUT2D eigenvalue weighted by Gasteiger charge is -2.10. The van der Waals surface area contributed by atoms with Crippen LogP contribution in [0.5, 0.6) is 0 Å². The molecular weight excluding hydrogens is 290 g/mol. The summed E-state index contributed by atoms with van der Waals surface area (Å²) in [7, 11) is -3.04. The van der Waals surface area contributed by atoms with Crippen LogP contribution in [0, 0.1) is 11.8 Å². The van der Waals surface area contributed by atoms with Gasteiger partial charge in [0.05, 0.1) is 11.0 Å². The van der Waals surface area contributed by atoms with Gasteiger partial charge in [0.25, 0.3) is 5.91 Å². The van der Waals surface area contributed by atoms with Crippen LogP contribution in [0.25, 0.3) is 0 Å². The summed E-state index contributed by atoms with van der Waals surface area (Å²) >= 11 is 0. The predicted octanol–water partition coefficient (Wildman–Crippen LogP) is 0.337. The zero-order chi connectivity index (χ0) is 15.3. The molecule has 1 unspecified atom stereocenters. The van der Waals surface area contributed by atoms with Crippen molar-refractivity contribution in [3.63, 3.8) is 0 Å². The number of aliphatic hydroxyl groups is 1. The Labute approximate surface area is 124 Å². The van der Waals surface area contributed by atoms with Crippen molar-refractivity contribution in [2.75, 3.05) is 18.9 Å². The minimum atomic E-state index is -3.04.